The predicted molar refractivity (Wildman–Crippen MR) is 85.4 cm³/mol. The van der Waals surface area contributed by atoms with E-state index in [1.54, 1.807) is 28.6 Å². The van der Waals surface area contributed by atoms with E-state index in [2.05, 4.69) is 0 Å². The van der Waals surface area contributed by atoms with E-state index in [1.165, 1.54) is 0 Å². The molecule has 0 bridgehead atoms. The lowest BCUT2D eigenvalue weighted by Crippen LogP contribution is -2.47. The van der Waals surface area contributed by atoms with Gasteiger partial charge in [0, 0.05) is 19.1 Å². The van der Waals surface area contributed by atoms with Gasteiger partial charge in [0.05, 0.1) is 11.5 Å². The van der Waals surface area contributed by atoms with Crippen molar-refractivity contribution in [2.24, 2.45) is 5.73 Å². The molecule has 0 aromatic heterocycles. The third-order valence-corrected chi connectivity index (χ3v) is 5.55. The Labute approximate surface area is 132 Å². The van der Waals surface area contributed by atoms with Crippen molar-refractivity contribution in [3.05, 3.63) is 24.3 Å². The molecule has 1 aliphatic heterocycles. The van der Waals surface area contributed by atoms with Crippen molar-refractivity contribution in [2.45, 2.75) is 37.1 Å². The van der Waals surface area contributed by atoms with E-state index < -0.39 is 10.0 Å². The van der Waals surface area contributed by atoms with Crippen LogP contribution in [0.1, 0.15) is 26.2 Å². The maximum absolute atomic E-state index is 12.7. The normalized spacial score (nSPS) is 19.8. The van der Waals surface area contributed by atoms with Gasteiger partial charge in [0.25, 0.3) is 0 Å². The molecule has 2 rings (SSSR count). The highest BCUT2D eigenvalue weighted by molar-refractivity contribution is 7.89. The lowest BCUT2D eigenvalue weighted by Gasteiger charge is -2.33. The molecule has 0 saturated carbocycles. The first-order valence-corrected chi connectivity index (χ1v) is 8.48. The minimum absolute atomic E-state index is 0. The van der Waals surface area contributed by atoms with Crippen LogP contribution < -0.4 is 10.5 Å². The number of piperidine rings is 1. The largest absolute Gasteiger partial charge is 0.494 e. The highest BCUT2D eigenvalue weighted by atomic mass is 35.5. The molecule has 1 heterocycles. The second-order valence-electron chi connectivity index (χ2n) is 4.91. The molecule has 1 fully saturated rings. The molecule has 0 amide bonds. The quantitative estimate of drug-likeness (QED) is 0.894. The van der Waals surface area contributed by atoms with E-state index in [1.807, 2.05) is 6.92 Å². The molecule has 1 unspecified atom stereocenters. The molecule has 0 spiro atoms. The molecule has 5 nitrogen and oxygen atoms in total. The lowest BCUT2D eigenvalue weighted by molar-refractivity contribution is 0.257. The molecule has 0 aliphatic carbocycles. The summed E-state index contributed by atoms with van der Waals surface area (Å²) in [6.07, 6.45) is 2.77. The number of hydrogen-bond acceptors (Lipinski definition) is 4. The molecular formula is C14H23ClN2O3S. The summed E-state index contributed by atoms with van der Waals surface area (Å²) < 4.78 is 32.2. The summed E-state index contributed by atoms with van der Waals surface area (Å²) in [4.78, 5) is 0.307. The number of nitrogens with zero attached hydrogens (tertiary/aromatic N) is 1. The van der Waals surface area contributed by atoms with Crippen molar-refractivity contribution in [2.75, 3.05) is 19.7 Å². The smallest absolute Gasteiger partial charge is 0.243 e. The zero-order valence-electron chi connectivity index (χ0n) is 12.2. The van der Waals surface area contributed by atoms with Crippen LogP contribution in [0.25, 0.3) is 0 Å². The number of benzene rings is 1. The first-order chi connectivity index (χ1) is 9.59. The molecule has 0 radical (unpaired) electrons. The van der Waals surface area contributed by atoms with E-state index in [-0.39, 0.29) is 18.4 Å². The summed E-state index contributed by atoms with van der Waals surface area (Å²) in [5.74, 6) is 0.681. The Bertz CT molecular complexity index is 534. The van der Waals surface area contributed by atoms with Gasteiger partial charge in [0.1, 0.15) is 5.75 Å². The molecule has 1 saturated heterocycles. The highest BCUT2D eigenvalue weighted by Crippen LogP contribution is 2.26. The van der Waals surface area contributed by atoms with Gasteiger partial charge in [-0.3, -0.25) is 0 Å². The van der Waals surface area contributed by atoms with Crippen molar-refractivity contribution in [1.82, 2.24) is 4.31 Å². The standard InChI is InChI=1S/C14H22N2O3S.ClH/c1-2-19-13-6-8-14(9-7-13)20(17,18)16-10-4-3-5-12(16)11-15;/h6-9,12H,2-5,10-11,15H2,1H3;1H. The van der Waals surface area contributed by atoms with Crippen molar-refractivity contribution in [3.63, 3.8) is 0 Å². The summed E-state index contributed by atoms with van der Waals surface area (Å²) in [7, 11) is -3.46. The molecule has 1 aliphatic rings. The zero-order valence-corrected chi connectivity index (χ0v) is 13.8. The maximum atomic E-state index is 12.7. The summed E-state index contributed by atoms with van der Waals surface area (Å²) in [6, 6.07) is 6.50. The van der Waals surface area contributed by atoms with Crippen LogP contribution in [0.3, 0.4) is 0 Å². The minimum Gasteiger partial charge on any atom is -0.494 e. The summed E-state index contributed by atoms with van der Waals surface area (Å²) in [5, 5.41) is 0. The Balaban J connectivity index is 0.00000220. The Hall–Kier alpha value is -0.820. The maximum Gasteiger partial charge on any atom is 0.243 e. The highest BCUT2D eigenvalue weighted by Gasteiger charge is 2.32. The van der Waals surface area contributed by atoms with Gasteiger partial charge in [-0.05, 0) is 44.0 Å². The van der Waals surface area contributed by atoms with Crippen molar-refractivity contribution < 1.29 is 13.2 Å². The van der Waals surface area contributed by atoms with Gasteiger partial charge in [-0.25, -0.2) is 8.42 Å². The van der Waals surface area contributed by atoms with Crippen LogP contribution >= 0.6 is 12.4 Å². The van der Waals surface area contributed by atoms with E-state index in [9.17, 15) is 8.42 Å². The van der Waals surface area contributed by atoms with Crippen LogP contribution in [0.15, 0.2) is 29.2 Å². The Morgan fingerprint density at radius 2 is 1.95 bits per heavy atom. The van der Waals surface area contributed by atoms with Crippen LogP contribution in [-0.2, 0) is 10.0 Å². The van der Waals surface area contributed by atoms with Crippen molar-refractivity contribution in [3.8, 4) is 5.75 Å². The van der Waals surface area contributed by atoms with Crippen molar-refractivity contribution >= 4 is 22.4 Å². The topological polar surface area (TPSA) is 72.6 Å². The summed E-state index contributed by atoms with van der Waals surface area (Å²) in [6.45, 7) is 3.38. The van der Waals surface area contributed by atoms with E-state index in [0.29, 0.717) is 30.3 Å². The predicted octanol–water partition coefficient (Wildman–Crippen LogP) is 2.01. The SMILES string of the molecule is CCOc1ccc(S(=O)(=O)N2CCCCC2CN)cc1.Cl. The molecule has 1 aromatic rings. The summed E-state index contributed by atoms with van der Waals surface area (Å²) >= 11 is 0. The third kappa shape index (κ3) is 4.10. The van der Waals surface area contributed by atoms with Crippen LogP contribution in [0.5, 0.6) is 5.75 Å². The first-order valence-electron chi connectivity index (χ1n) is 7.04. The number of ether oxygens (including phenoxy) is 1. The fourth-order valence-corrected chi connectivity index (χ4v) is 4.24. The number of sulfonamides is 1. The third-order valence-electron chi connectivity index (χ3n) is 3.59. The van der Waals surface area contributed by atoms with Gasteiger partial charge in [-0.1, -0.05) is 6.42 Å². The number of hydrogen-bond donors (Lipinski definition) is 1. The molecule has 21 heavy (non-hydrogen) atoms. The summed E-state index contributed by atoms with van der Waals surface area (Å²) in [5.41, 5.74) is 5.71. The Morgan fingerprint density at radius 3 is 2.52 bits per heavy atom. The fraction of sp³-hybridized carbons (Fsp3) is 0.571. The zero-order chi connectivity index (χ0) is 14.6. The fourth-order valence-electron chi connectivity index (χ4n) is 2.54. The van der Waals surface area contributed by atoms with Gasteiger partial charge in [-0.15, -0.1) is 12.4 Å². The Morgan fingerprint density at radius 1 is 1.29 bits per heavy atom. The van der Waals surface area contributed by atoms with Gasteiger partial charge in [0.15, 0.2) is 0 Å². The molecule has 120 valence electrons. The lowest BCUT2D eigenvalue weighted by atomic mass is 10.1. The van der Waals surface area contributed by atoms with Crippen LogP contribution in [0.4, 0.5) is 0 Å². The van der Waals surface area contributed by atoms with Crippen LogP contribution in [-0.4, -0.2) is 38.5 Å². The molecular weight excluding hydrogens is 312 g/mol. The van der Waals surface area contributed by atoms with E-state index in [4.69, 9.17) is 10.5 Å². The van der Waals surface area contributed by atoms with Gasteiger partial charge < -0.3 is 10.5 Å². The first kappa shape index (κ1) is 18.2. The number of halogens is 1. The van der Waals surface area contributed by atoms with E-state index >= 15 is 0 Å². The average molecular weight is 335 g/mol. The second-order valence-corrected chi connectivity index (χ2v) is 6.80. The number of rotatable bonds is 5. The molecule has 7 heteroatoms. The number of nitrogens with two attached hydrogens (primary N) is 1. The van der Waals surface area contributed by atoms with Crippen molar-refractivity contribution in [1.29, 1.82) is 0 Å². The second kappa shape index (κ2) is 7.98. The molecule has 1 atom stereocenters. The molecule has 1 aromatic carbocycles. The van der Waals surface area contributed by atoms with Gasteiger partial charge >= 0.3 is 0 Å². The van der Waals surface area contributed by atoms with Crippen LogP contribution in [0.2, 0.25) is 0 Å². The van der Waals surface area contributed by atoms with Crippen LogP contribution in [0, 0.1) is 0 Å². The Kier molecular flexibility index (Phi) is 6.93. The van der Waals surface area contributed by atoms with Gasteiger partial charge in [0.2, 0.25) is 10.0 Å². The van der Waals surface area contributed by atoms with E-state index in [0.717, 1.165) is 19.3 Å². The molecule has 2 N–H and O–H groups in total. The van der Waals surface area contributed by atoms with Gasteiger partial charge in [-0.2, -0.15) is 4.31 Å². The minimum atomic E-state index is -3.46. The average Bonchev–Trinajstić information content (AvgIpc) is 2.48. The monoisotopic (exact) mass is 334 g/mol.